The van der Waals surface area contributed by atoms with Gasteiger partial charge in [0, 0.05) is 18.9 Å². The molecule has 3 rings (SSSR count). The van der Waals surface area contributed by atoms with Gasteiger partial charge in [0.2, 0.25) is 0 Å². The third-order valence-electron chi connectivity index (χ3n) is 4.00. The molecule has 0 fully saturated rings. The summed E-state index contributed by atoms with van der Waals surface area (Å²) < 4.78 is 56.3. The zero-order chi connectivity index (χ0) is 22.4. The van der Waals surface area contributed by atoms with E-state index in [9.17, 15) is 22.5 Å². The van der Waals surface area contributed by atoms with Crippen LogP contribution in [0.25, 0.3) is 0 Å². The molecule has 0 aliphatic rings. The van der Waals surface area contributed by atoms with Crippen LogP contribution in [0.15, 0.2) is 76.4 Å². The van der Waals surface area contributed by atoms with E-state index in [-0.39, 0.29) is 12.2 Å². The summed E-state index contributed by atoms with van der Waals surface area (Å²) in [6.45, 7) is 0.103. The number of halogens is 4. The number of hydrogen-bond acceptors (Lipinski definition) is 4. The van der Waals surface area contributed by atoms with Crippen molar-refractivity contribution in [3.8, 4) is 0 Å². The molecule has 1 atom stereocenters. The molecule has 0 saturated carbocycles. The Morgan fingerprint density at radius 2 is 1.90 bits per heavy atom. The first-order chi connectivity index (χ1) is 14.7. The van der Waals surface area contributed by atoms with Crippen molar-refractivity contribution in [1.82, 2.24) is 10.3 Å². The van der Waals surface area contributed by atoms with Crippen LogP contribution < -0.4 is 15.4 Å². The summed E-state index contributed by atoms with van der Waals surface area (Å²) in [7, 11) is 0. The number of aromatic nitrogens is 1. The normalized spacial score (nSPS) is 12.2. The number of alkyl halides is 3. The highest BCUT2D eigenvalue weighted by atomic mass is 79.9. The Kier molecular flexibility index (Phi) is 7.42. The predicted molar refractivity (Wildman–Crippen MR) is 116 cm³/mol. The van der Waals surface area contributed by atoms with Gasteiger partial charge in [0.15, 0.2) is 4.90 Å². The summed E-state index contributed by atoms with van der Waals surface area (Å²) >= 11 is 1.46. The minimum atomic E-state index is -4.74. The van der Waals surface area contributed by atoms with Crippen LogP contribution >= 0.6 is 15.9 Å². The molecule has 31 heavy (non-hydrogen) atoms. The van der Waals surface area contributed by atoms with Gasteiger partial charge in [-0.2, -0.15) is 13.2 Å². The number of carbonyl (C=O) groups is 1. The average Bonchev–Trinajstić information content (AvgIpc) is 2.73. The Bertz CT molecular complexity index is 1050. The van der Waals surface area contributed by atoms with Gasteiger partial charge in [-0.3, -0.25) is 4.98 Å². The Morgan fingerprint density at radius 1 is 1.13 bits per heavy atom. The van der Waals surface area contributed by atoms with Gasteiger partial charge in [-0.1, -0.05) is 18.2 Å². The second-order valence-electron chi connectivity index (χ2n) is 6.23. The van der Waals surface area contributed by atoms with Crippen LogP contribution in [0.1, 0.15) is 11.1 Å². The molecule has 0 saturated heterocycles. The highest BCUT2D eigenvalue weighted by molar-refractivity contribution is 9.10. The maximum Gasteiger partial charge on any atom is 0.418 e. The van der Waals surface area contributed by atoms with E-state index >= 15 is 0 Å². The number of carbonyl (C=O) groups excluding carboxylic acids is 1. The topological polar surface area (TPSA) is 89.1 Å². The van der Waals surface area contributed by atoms with Crippen molar-refractivity contribution < 1.29 is 22.5 Å². The van der Waals surface area contributed by atoms with E-state index in [4.69, 9.17) is 0 Å². The molecule has 1 heterocycles. The van der Waals surface area contributed by atoms with Crippen LogP contribution in [0.5, 0.6) is 0 Å². The van der Waals surface area contributed by atoms with Gasteiger partial charge in [-0.25, -0.2) is 9.52 Å². The maximum absolute atomic E-state index is 13.6. The Hall–Kier alpha value is -2.76. The summed E-state index contributed by atoms with van der Waals surface area (Å²) in [5, 5.41) is 4.68. The number of benzene rings is 2. The molecule has 6 nitrogen and oxygen atoms in total. The second-order valence-corrected chi connectivity index (χ2v) is 8.26. The van der Waals surface area contributed by atoms with Crippen molar-refractivity contribution >= 4 is 44.7 Å². The highest BCUT2D eigenvalue weighted by Gasteiger charge is 2.34. The van der Waals surface area contributed by atoms with Gasteiger partial charge in [0.25, 0.3) is 0 Å². The lowest BCUT2D eigenvalue weighted by Gasteiger charge is -2.17. The lowest BCUT2D eigenvalue weighted by Crippen LogP contribution is -2.29. The molecule has 1 aromatic heterocycles. The predicted octanol–water partition coefficient (Wildman–Crippen LogP) is 5.32. The molecule has 0 aliphatic heterocycles. The number of nitrogens with zero attached hydrogens (tertiary/aromatic N) is 1. The summed E-state index contributed by atoms with van der Waals surface area (Å²) in [6, 6.07) is 12.5. The van der Waals surface area contributed by atoms with Gasteiger partial charge < -0.3 is 15.2 Å². The highest BCUT2D eigenvalue weighted by Crippen LogP contribution is 2.37. The van der Waals surface area contributed by atoms with E-state index in [1.165, 1.54) is 12.3 Å². The molecule has 0 aliphatic carbocycles. The lowest BCUT2D eigenvalue weighted by molar-refractivity contribution is -0.136. The van der Waals surface area contributed by atoms with E-state index < -0.39 is 34.8 Å². The summed E-state index contributed by atoms with van der Waals surface area (Å²) in [4.78, 5) is 16.4. The van der Waals surface area contributed by atoms with Crippen molar-refractivity contribution in [3.05, 3.63) is 82.6 Å². The fourth-order valence-electron chi connectivity index (χ4n) is 2.56. The van der Waals surface area contributed by atoms with Crippen LogP contribution in [-0.2, 0) is 24.1 Å². The molecular weight excluding hydrogens is 497 g/mol. The first kappa shape index (κ1) is 22.9. The lowest BCUT2D eigenvalue weighted by atomic mass is 10.1. The number of urea groups is 1. The molecule has 1 unspecified atom stereocenters. The molecule has 0 spiro atoms. The van der Waals surface area contributed by atoms with Crippen LogP contribution in [0, 0.1) is 0 Å². The molecule has 162 valence electrons. The van der Waals surface area contributed by atoms with Crippen molar-refractivity contribution in [2.24, 2.45) is 0 Å². The third kappa shape index (κ3) is 6.36. The van der Waals surface area contributed by atoms with Crippen molar-refractivity contribution in [1.29, 1.82) is 0 Å². The van der Waals surface area contributed by atoms with Gasteiger partial charge in [0.1, 0.15) is 11.4 Å². The summed E-state index contributed by atoms with van der Waals surface area (Å²) in [5.41, 5.74) is -0.808. The van der Waals surface area contributed by atoms with E-state index in [0.717, 1.165) is 12.1 Å². The molecule has 11 heteroatoms. The Labute approximate surface area is 187 Å². The van der Waals surface area contributed by atoms with Gasteiger partial charge in [-0.05, 0) is 57.9 Å². The van der Waals surface area contributed by atoms with E-state index in [1.807, 2.05) is 0 Å². The molecule has 2 aromatic carbocycles. The number of anilines is 2. The van der Waals surface area contributed by atoms with Crippen LogP contribution in [-0.4, -0.2) is 15.6 Å². The molecular formula is C20H16BrF3N4O2S. The first-order valence-electron chi connectivity index (χ1n) is 8.82. The minimum Gasteiger partial charge on any atom is -0.588 e. The molecule has 0 radical (unpaired) electrons. The number of nitrogens with one attached hydrogen (secondary N) is 3. The Balaban J connectivity index is 1.74. The number of pyridine rings is 1. The standard InChI is InChI=1S/C20H16BrF3N4O2S/c21-16-5-1-2-6-18(16)31(30)28-14-7-8-17(15(10-14)20(22,23)24)27-19(29)26-12-13-4-3-9-25-11-13/h1-11,28H,12H2,(H2,26,27,29). The van der Waals surface area contributed by atoms with Crippen LogP contribution in [0.3, 0.4) is 0 Å². The van der Waals surface area contributed by atoms with E-state index in [1.54, 1.807) is 42.6 Å². The van der Waals surface area contributed by atoms with E-state index in [0.29, 0.717) is 14.9 Å². The number of amides is 2. The van der Waals surface area contributed by atoms with Gasteiger partial charge >= 0.3 is 12.2 Å². The second kappa shape index (κ2) is 10.0. The van der Waals surface area contributed by atoms with Crippen LogP contribution in [0.4, 0.5) is 29.3 Å². The third-order valence-corrected chi connectivity index (χ3v) is 6.13. The SMILES string of the molecule is O=C(NCc1cccnc1)Nc1ccc(N[S+]([O-])c2ccccc2Br)cc1C(F)(F)F. The minimum absolute atomic E-state index is 0.0114. The van der Waals surface area contributed by atoms with Crippen molar-refractivity contribution in [3.63, 3.8) is 0 Å². The quantitative estimate of drug-likeness (QED) is 0.390. The molecule has 3 N–H and O–H groups in total. The fourth-order valence-corrected chi connectivity index (χ4v) is 4.18. The monoisotopic (exact) mass is 512 g/mol. The van der Waals surface area contributed by atoms with Crippen molar-refractivity contribution in [2.75, 3.05) is 10.0 Å². The summed E-state index contributed by atoms with van der Waals surface area (Å²) in [6.07, 6.45) is -1.64. The first-order valence-corrected chi connectivity index (χ1v) is 10.8. The fraction of sp³-hybridized carbons (Fsp3) is 0.100. The van der Waals surface area contributed by atoms with Crippen molar-refractivity contribution in [2.45, 2.75) is 17.6 Å². The van der Waals surface area contributed by atoms with E-state index in [2.05, 4.69) is 36.3 Å². The summed E-state index contributed by atoms with van der Waals surface area (Å²) in [5.74, 6) is 0. The molecule has 3 aromatic rings. The number of rotatable bonds is 6. The van der Waals surface area contributed by atoms with Crippen LogP contribution in [0.2, 0.25) is 0 Å². The van der Waals surface area contributed by atoms with Gasteiger partial charge in [-0.15, -0.1) is 0 Å². The molecule has 2 amide bonds. The maximum atomic E-state index is 13.6. The Morgan fingerprint density at radius 3 is 2.58 bits per heavy atom. The zero-order valence-electron chi connectivity index (χ0n) is 15.7. The largest absolute Gasteiger partial charge is 0.588 e. The number of hydrogen-bond donors (Lipinski definition) is 3. The smallest absolute Gasteiger partial charge is 0.418 e. The van der Waals surface area contributed by atoms with Gasteiger partial charge in [0.05, 0.1) is 21.4 Å². The zero-order valence-corrected chi connectivity index (χ0v) is 18.1. The molecule has 0 bridgehead atoms. The average molecular weight is 513 g/mol.